The number of nitrogens with one attached hydrogen (secondary N) is 1. The first-order chi connectivity index (χ1) is 13.8. The molecule has 0 amide bonds. The van der Waals surface area contributed by atoms with Crippen LogP contribution in [0.3, 0.4) is 0 Å². The van der Waals surface area contributed by atoms with Crippen LogP contribution >= 0.6 is 0 Å². The normalized spacial score (nSPS) is 14.6. The molecule has 2 aromatic rings. The number of carboxylic acid groups (broad SMARTS) is 2. The Morgan fingerprint density at radius 1 is 0.897 bits per heavy atom. The molecule has 1 aliphatic rings. The first-order valence-electron chi connectivity index (χ1n) is 9.22. The average Bonchev–Trinajstić information content (AvgIpc) is 2.66. The molecule has 2 aromatic carbocycles. The van der Waals surface area contributed by atoms with E-state index in [0.29, 0.717) is 29.3 Å². The summed E-state index contributed by atoms with van der Waals surface area (Å²) in [6.07, 6.45) is 0. The molecule has 1 aliphatic heterocycles. The van der Waals surface area contributed by atoms with Crippen LogP contribution in [0.2, 0.25) is 0 Å². The molecular weight excluding hydrogens is 370 g/mol. The van der Waals surface area contributed by atoms with Gasteiger partial charge < -0.3 is 20.3 Å². The minimum absolute atomic E-state index is 0.000569. The number of carboxylic acids is 2. The Kier molecular flexibility index (Phi) is 5.73. The van der Waals surface area contributed by atoms with Crippen LogP contribution in [0.5, 0.6) is 5.75 Å². The van der Waals surface area contributed by atoms with Crippen LogP contribution in [-0.4, -0.2) is 22.2 Å². The van der Waals surface area contributed by atoms with Gasteiger partial charge in [0.05, 0.1) is 17.1 Å². The minimum atomic E-state index is -1.17. The van der Waals surface area contributed by atoms with E-state index in [2.05, 4.69) is 5.32 Å². The van der Waals surface area contributed by atoms with Crippen molar-refractivity contribution in [3.05, 3.63) is 87.8 Å². The van der Waals surface area contributed by atoms with Gasteiger partial charge in [0.15, 0.2) is 0 Å². The van der Waals surface area contributed by atoms with Crippen molar-refractivity contribution in [2.75, 3.05) is 0 Å². The molecule has 0 aromatic heterocycles. The second-order valence-corrected chi connectivity index (χ2v) is 7.06. The molecule has 0 radical (unpaired) electrons. The molecule has 29 heavy (non-hydrogen) atoms. The molecule has 0 aliphatic carbocycles. The van der Waals surface area contributed by atoms with Crippen LogP contribution in [0.4, 0.5) is 0 Å². The predicted octanol–water partition coefficient (Wildman–Crippen LogP) is 3.98. The molecule has 0 fully saturated rings. The molecule has 0 spiro atoms. The van der Waals surface area contributed by atoms with Crippen molar-refractivity contribution < 1.29 is 24.5 Å². The number of aryl methyl sites for hydroxylation is 1. The summed E-state index contributed by atoms with van der Waals surface area (Å²) in [7, 11) is 0. The summed E-state index contributed by atoms with van der Waals surface area (Å²) in [6, 6.07) is 14.9. The molecule has 0 saturated carbocycles. The molecule has 6 nitrogen and oxygen atoms in total. The van der Waals surface area contributed by atoms with E-state index in [1.54, 1.807) is 38.1 Å². The van der Waals surface area contributed by atoms with Crippen molar-refractivity contribution >= 4 is 11.9 Å². The van der Waals surface area contributed by atoms with Crippen LogP contribution in [0.25, 0.3) is 0 Å². The van der Waals surface area contributed by atoms with E-state index >= 15 is 0 Å². The molecule has 150 valence electrons. The summed E-state index contributed by atoms with van der Waals surface area (Å²) in [5, 5.41) is 22.5. The van der Waals surface area contributed by atoms with Gasteiger partial charge in [-0.15, -0.1) is 0 Å². The standard InChI is InChI=1S/C23H23NO5/c1-13-8-10-16(11-9-13)12-29-18-7-5-4-6-17(18)21-19(22(25)26)14(2)24-15(3)20(21)23(27)28/h4-11,21,24H,12H2,1-3H3,(H,25,26)(H,27,28). The zero-order valence-electron chi connectivity index (χ0n) is 16.5. The van der Waals surface area contributed by atoms with E-state index in [-0.39, 0.29) is 11.1 Å². The molecule has 3 N–H and O–H groups in total. The largest absolute Gasteiger partial charge is 0.489 e. The molecule has 0 saturated heterocycles. The smallest absolute Gasteiger partial charge is 0.334 e. The number of allylic oxidation sites excluding steroid dienone is 2. The van der Waals surface area contributed by atoms with Gasteiger partial charge in [-0.05, 0) is 32.4 Å². The predicted molar refractivity (Wildman–Crippen MR) is 109 cm³/mol. The van der Waals surface area contributed by atoms with E-state index in [1.165, 1.54) is 0 Å². The number of ether oxygens (including phenoxy) is 1. The zero-order chi connectivity index (χ0) is 21.1. The molecule has 6 heteroatoms. The van der Waals surface area contributed by atoms with Gasteiger partial charge in [0, 0.05) is 17.0 Å². The van der Waals surface area contributed by atoms with Gasteiger partial charge in [-0.3, -0.25) is 0 Å². The third-order valence-corrected chi connectivity index (χ3v) is 4.97. The maximum atomic E-state index is 12.0. The van der Waals surface area contributed by atoms with Crippen LogP contribution in [0.1, 0.15) is 36.5 Å². The van der Waals surface area contributed by atoms with Crippen LogP contribution in [-0.2, 0) is 16.2 Å². The van der Waals surface area contributed by atoms with E-state index in [1.807, 2.05) is 31.2 Å². The SMILES string of the molecule is CC1=C(C(=O)O)C(c2ccccc2OCc2ccc(C)cc2)C(C(=O)O)=C(C)N1. The third-order valence-electron chi connectivity index (χ3n) is 4.97. The molecule has 0 bridgehead atoms. The van der Waals surface area contributed by atoms with Gasteiger partial charge in [0.25, 0.3) is 0 Å². The Labute approximate surface area is 169 Å². The highest BCUT2D eigenvalue weighted by Gasteiger charge is 2.37. The van der Waals surface area contributed by atoms with E-state index in [4.69, 9.17) is 4.74 Å². The summed E-state index contributed by atoms with van der Waals surface area (Å²) < 4.78 is 5.99. The number of para-hydroxylation sites is 1. The van der Waals surface area contributed by atoms with Crippen LogP contribution in [0.15, 0.2) is 71.1 Å². The summed E-state index contributed by atoms with van der Waals surface area (Å²) >= 11 is 0. The first-order valence-corrected chi connectivity index (χ1v) is 9.22. The van der Waals surface area contributed by atoms with Crippen molar-refractivity contribution in [1.82, 2.24) is 5.32 Å². The number of hydrogen-bond donors (Lipinski definition) is 3. The first kappa shape index (κ1) is 20.2. The van der Waals surface area contributed by atoms with Crippen molar-refractivity contribution in [3.8, 4) is 5.75 Å². The fourth-order valence-electron chi connectivity index (χ4n) is 3.57. The Morgan fingerprint density at radius 2 is 1.45 bits per heavy atom. The number of dihydropyridines is 1. The lowest BCUT2D eigenvalue weighted by atomic mass is 9.80. The van der Waals surface area contributed by atoms with E-state index in [9.17, 15) is 19.8 Å². The fourth-order valence-corrected chi connectivity index (χ4v) is 3.57. The van der Waals surface area contributed by atoms with Crippen molar-refractivity contribution in [3.63, 3.8) is 0 Å². The summed E-state index contributed by atoms with van der Waals surface area (Å²) in [5.41, 5.74) is 3.44. The van der Waals surface area contributed by atoms with Gasteiger partial charge in [-0.1, -0.05) is 48.0 Å². The number of hydrogen-bond acceptors (Lipinski definition) is 4. The Morgan fingerprint density at radius 3 is 2.00 bits per heavy atom. The average molecular weight is 393 g/mol. The zero-order valence-corrected chi connectivity index (χ0v) is 16.5. The van der Waals surface area contributed by atoms with Crippen LogP contribution < -0.4 is 10.1 Å². The lowest BCUT2D eigenvalue weighted by Crippen LogP contribution is -2.31. The number of rotatable bonds is 6. The van der Waals surface area contributed by atoms with Crippen molar-refractivity contribution in [2.24, 2.45) is 0 Å². The monoisotopic (exact) mass is 393 g/mol. The second kappa shape index (κ2) is 8.22. The highest BCUT2D eigenvalue weighted by molar-refractivity contribution is 5.98. The number of benzene rings is 2. The summed E-state index contributed by atoms with van der Waals surface area (Å²) in [6.45, 7) is 5.56. The Bertz CT molecular complexity index is 982. The topological polar surface area (TPSA) is 95.9 Å². The van der Waals surface area contributed by atoms with Gasteiger partial charge in [-0.2, -0.15) is 0 Å². The number of aliphatic carboxylic acids is 2. The molecule has 0 unspecified atom stereocenters. The van der Waals surface area contributed by atoms with Gasteiger partial charge in [-0.25, -0.2) is 9.59 Å². The molecular formula is C23H23NO5. The summed E-state index contributed by atoms with van der Waals surface area (Å²) in [4.78, 5) is 24.0. The highest BCUT2D eigenvalue weighted by Crippen LogP contribution is 2.42. The van der Waals surface area contributed by atoms with Crippen molar-refractivity contribution in [2.45, 2.75) is 33.3 Å². The quantitative estimate of drug-likeness (QED) is 0.687. The van der Waals surface area contributed by atoms with Gasteiger partial charge in [0.1, 0.15) is 12.4 Å². The van der Waals surface area contributed by atoms with Gasteiger partial charge >= 0.3 is 11.9 Å². The van der Waals surface area contributed by atoms with Gasteiger partial charge in [0.2, 0.25) is 0 Å². The third kappa shape index (κ3) is 4.16. The minimum Gasteiger partial charge on any atom is -0.489 e. The molecule has 0 atom stereocenters. The molecule has 3 rings (SSSR count). The van der Waals surface area contributed by atoms with E-state index in [0.717, 1.165) is 11.1 Å². The highest BCUT2D eigenvalue weighted by atomic mass is 16.5. The Balaban J connectivity index is 2.05. The maximum absolute atomic E-state index is 12.0. The Hall–Kier alpha value is -3.54. The summed E-state index contributed by atoms with van der Waals surface area (Å²) in [5.74, 6) is -2.82. The molecule has 1 heterocycles. The second-order valence-electron chi connectivity index (χ2n) is 7.06. The lowest BCUT2D eigenvalue weighted by molar-refractivity contribution is -0.133. The lowest BCUT2D eigenvalue weighted by Gasteiger charge is -2.29. The fraction of sp³-hybridized carbons (Fsp3) is 0.217. The van der Waals surface area contributed by atoms with Crippen LogP contribution in [0, 0.1) is 6.92 Å². The maximum Gasteiger partial charge on any atom is 0.334 e. The number of carbonyl (C=O) groups is 2. The van der Waals surface area contributed by atoms with E-state index < -0.39 is 17.9 Å². The van der Waals surface area contributed by atoms with Crippen molar-refractivity contribution in [1.29, 1.82) is 0 Å².